The van der Waals surface area contributed by atoms with Gasteiger partial charge in [-0.05, 0) is 39.1 Å². The SMILES string of the molecule is CCC1(O[C@H](c2ccccc2)[C@@H](C)N(C)C)O[C@H](c2ccccc2)[C@@H](C)[N+]1(C)C.[CH2-]C.[Zn+2]. The summed E-state index contributed by atoms with van der Waals surface area (Å²) in [5.74, 6) is -0.718. The Morgan fingerprint density at radius 1 is 1.03 bits per heavy atom. The van der Waals surface area contributed by atoms with Crippen molar-refractivity contribution < 1.29 is 33.4 Å². The second-order valence-corrected chi connectivity index (χ2v) is 8.95. The van der Waals surface area contributed by atoms with Gasteiger partial charge in [0.05, 0.1) is 20.5 Å². The van der Waals surface area contributed by atoms with Crippen molar-refractivity contribution >= 4 is 0 Å². The minimum atomic E-state index is -0.718. The summed E-state index contributed by atoms with van der Waals surface area (Å²) >= 11 is 0. The van der Waals surface area contributed by atoms with Gasteiger partial charge in [0.1, 0.15) is 18.2 Å². The van der Waals surface area contributed by atoms with Crippen LogP contribution in [0.2, 0.25) is 0 Å². The summed E-state index contributed by atoms with van der Waals surface area (Å²) in [4.78, 5) is 2.22. The van der Waals surface area contributed by atoms with Gasteiger partial charge in [-0.1, -0.05) is 67.6 Å². The van der Waals surface area contributed by atoms with Crippen LogP contribution in [-0.2, 0) is 29.0 Å². The maximum absolute atomic E-state index is 7.00. The number of benzene rings is 2. The molecule has 0 spiro atoms. The number of rotatable bonds is 7. The van der Waals surface area contributed by atoms with E-state index in [1.165, 1.54) is 11.1 Å². The molecule has 1 aliphatic heterocycles. The molecule has 0 aliphatic carbocycles. The normalized spacial score (nSPS) is 25.9. The Kier molecular flexibility index (Phi) is 11.2. The number of nitrogens with zero attached hydrogens (tertiary/aromatic N) is 2. The van der Waals surface area contributed by atoms with Gasteiger partial charge in [0.25, 0.3) is 0 Å². The molecule has 0 saturated carbocycles. The van der Waals surface area contributed by atoms with E-state index in [0.717, 1.165) is 6.42 Å². The fourth-order valence-corrected chi connectivity index (χ4v) is 4.37. The Bertz CT molecular complexity index is 785. The average Bonchev–Trinajstić information content (AvgIpc) is 3.00. The fraction of sp³-hybridized carbons (Fsp3) is 0.519. The predicted octanol–water partition coefficient (Wildman–Crippen LogP) is 5.83. The van der Waals surface area contributed by atoms with E-state index in [9.17, 15) is 0 Å². The summed E-state index contributed by atoms with van der Waals surface area (Å²) in [6.07, 6.45) is 0.680. The van der Waals surface area contributed by atoms with E-state index in [2.05, 4.69) is 121 Å². The largest absolute Gasteiger partial charge is 2.00 e. The van der Waals surface area contributed by atoms with Gasteiger partial charge in [-0.3, -0.25) is 14.0 Å². The second-order valence-electron chi connectivity index (χ2n) is 8.95. The monoisotopic (exact) mass is 490 g/mol. The topological polar surface area (TPSA) is 21.7 Å². The third kappa shape index (κ3) is 5.69. The second kappa shape index (κ2) is 12.4. The van der Waals surface area contributed by atoms with Crippen molar-refractivity contribution in [2.45, 2.75) is 64.3 Å². The van der Waals surface area contributed by atoms with Crippen LogP contribution in [0.1, 0.15) is 57.5 Å². The molecule has 2 aromatic carbocycles. The zero-order valence-electron chi connectivity index (χ0n) is 21.4. The maximum atomic E-state index is 7.00. The molecule has 1 aliphatic rings. The summed E-state index contributed by atoms with van der Waals surface area (Å²) in [6, 6.07) is 21.5. The minimum Gasteiger partial charge on any atom is -0.346 e. The molecule has 1 heterocycles. The summed E-state index contributed by atoms with van der Waals surface area (Å²) < 4.78 is 14.5. The van der Waals surface area contributed by atoms with Crippen LogP contribution in [0.25, 0.3) is 0 Å². The smallest absolute Gasteiger partial charge is 0.346 e. The van der Waals surface area contributed by atoms with Crippen LogP contribution in [0.5, 0.6) is 0 Å². The summed E-state index contributed by atoms with van der Waals surface area (Å²) in [7, 11) is 8.68. The quantitative estimate of drug-likeness (QED) is 0.276. The Morgan fingerprint density at radius 3 is 2.00 bits per heavy atom. The van der Waals surface area contributed by atoms with Gasteiger partial charge in [-0.15, -0.1) is 0 Å². The van der Waals surface area contributed by atoms with E-state index in [-0.39, 0.29) is 43.8 Å². The number of ether oxygens (including phenoxy) is 2. The van der Waals surface area contributed by atoms with E-state index < -0.39 is 5.91 Å². The van der Waals surface area contributed by atoms with Crippen LogP contribution in [-0.4, -0.2) is 55.6 Å². The zero-order valence-corrected chi connectivity index (χ0v) is 24.4. The van der Waals surface area contributed by atoms with Gasteiger partial charge < -0.3 is 11.8 Å². The number of quaternary nitrogens is 1. The zero-order chi connectivity index (χ0) is 23.2. The predicted molar refractivity (Wildman–Crippen MR) is 129 cm³/mol. The van der Waals surface area contributed by atoms with Gasteiger partial charge in [0.15, 0.2) is 0 Å². The number of hydrogen-bond acceptors (Lipinski definition) is 3. The molecule has 0 aromatic heterocycles. The van der Waals surface area contributed by atoms with Crippen LogP contribution in [0, 0.1) is 6.92 Å². The van der Waals surface area contributed by atoms with E-state index in [0.29, 0.717) is 4.48 Å². The van der Waals surface area contributed by atoms with Gasteiger partial charge in [0.2, 0.25) is 0 Å². The van der Waals surface area contributed by atoms with Crippen LogP contribution in [0.3, 0.4) is 0 Å². The molecule has 3 rings (SSSR count). The van der Waals surface area contributed by atoms with Crippen LogP contribution < -0.4 is 0 Å². The standard InChI is InChI=1S/C25H37N2O2.C2H5.Zn/c1-8-25(28-23(19(2)26(4)5)21-15-11-9-12-16-21)27(6,7)20(3)24(29-25)22-17-13-10-14-18-22;1-2;/h9-20,23-24H,8H2,1-7H3;1H2,2H3;/q+1;-1;+2/t19-,20-,23+,24+,25?;;/m1../s1. The molecular weight excluding hydrogens is 450 g/mol. The molecule has 0 amide bonds. The van der Waals surface area contributed by atoms with Crippen LogP contribution in [0.15, 0.2) is 60.7 Å². The van der Waals surface area contributed by atoms with Gasteiger partial charge in [0, 0.05) is 6.04 Å². The number of hydrogen-bond donors (Lipinski definition) is 0. The van der Waals surface area contributed by atoms with E-state index in [1.54, 1.807) is 6.92 Å². The summed E-state index contributed by atoms with van der Waals surface area (Å²) in [5.41, 5.74) is 2.39. The molecule has 32 heavy (non-hydrogen) atoms. The van der Waals surface area contributed by atoms with Gasteiger partial charge in [-0.2, -0.15) is 6.92 Å². The molecule has 1 fully saturated rings. The molecule has 172 valence electrons. The first-order chi connectivity index (χ1) is 14.7. The van der Waals surface area contributed by atoms with Crippen molar-refractivity contribution in [2.24, 2.45) is 0 Å². The third-order valence-corrected chi connectivity index (χ3v) is 6.91. The minimum absolute atomic E-state index is 0. The van der Waals surface area contributed by atoms with E-state index in [1.807, 2.05) is 0 Å². The molecule has 1 unspecified atom stereocenters. The van der Waals surface area contributed by atoms with Crippen molar-refractivity contribution in [3.05, 3.63) is 78.7 Å². The molecule has 4 nitrogen and oxygen atoms in total. The Morgan fingerprint density at radius 2 is 1.53 bits per heavy atom. The Hall–Kier alpha value is -1.10. The van der Waals surface area contributed by atoms with E-state index in [4.69, 9.17) is 9.47 Å². The van der Waals surface area contributed by atoms with Crippen molar-refractivity contribution in [3.63, 3.8) is 0 Å². The maximum Gasteiger partial charge on any atom is 2.00 e. The van der Waals surface area contributed by atoms with Crippen molar-refractivity contribution in [1.29, 1.82) is 0 Å². The van der Waals surface area contributed by atoms with Crippen molar-refractivity contribution in [3.8, 4) is 0 Å². The Balaban J connectivity index is 0.00000166. The molecule has 0 radical (unpaired) electrons. The first-order valence-corrected chi connectivity index (χ1v) is 11.4. The van der Waals surface area contributed by atoms with Crippen molar-refractivity contribution in [1.82, 2.24) is 4.90 Å². The van der Waals surface area contributed by atoms with Crippen LogP contribution in [0.4, 0.5) is 0 Å². The number of likely N-dealkylation sites (N-methyl/N-ethyl adjacent to an activating group) is 2. The molecule has 0 bridgehead atoms. The van der Waals surface area contributed by atoms with Gasteiger partial charge in [-0.25, -0.2) is 0 Å². The fourth-order valence-electron chi connectivity index (χ4n) is 4.37. The van der Waals surface area contributed by atoms with Crippen LogP contribution >= 0.6 is 0 Å². The third-order valence-electron chi connectivity index (χ3n) is 6.91. The van der Waals surface area contributed by atoms with E-state index >= 15 is 0 Å². The molecule has 5 heteroatoms. The molecule has 5 atom stereocenters. The molecule has 1 saturated heterocycles. The first kappa shape index (κ1) is 28.9. The molecule has 2 aromatic rings. The Labute approximate surface area is 209 Å². The first-order valence-electron chi connectivity index (χ1n) is 11.4. The average molecular weight is 492 g/mol. The van der Waals surface area contributed by atoms with Crippen molar-refractivity contribution in [2.75, 3.05) is 28.2 Å². The van der Waals surface area contributed by atoms with Gasteiger partial charge >= 0.3 is 25.4 Å². The summed E-state index contributed by atoms with van der Waals surface area (Å²) in [6.45, 7) is 11.7. The summed E-state index contributed by atoms with van der Waals surface area (Å²) in [5, 5.41) is 0. The molecular formula is C27H42N2O2Zn+2. The molecule has 0 N–H and O–H groups in total.